The Hall–Kier alpha value is -0.860. The van der Waals surface area contributed by atoms with E-state index in [0.717, 1.165) is 13.2 Å². The van der Waals surface area contributed by atoms with E-state index in [9.17, 15) is 0 Å². The molecule has 3 rings (SSSR count). The van der Waals surface area contributed by atoms with Gasteiger partial charge in [0.15, 0.2) is 0 Å². The molecule has 16 heavy (non-hydrogen) atoms. The lowest BCUT2D eigenvalue weighted by Gasteiger charge is -2.18. The van der Waals surface area contributed by atoms with E-state index in [1.54, 1.807) is 0 Å². The zero-order chi connectivity index (χ0) is 10.8. The van der Waals surface area contributed by atoms with E-state index in [0.29, 0.717) is 18.1 Å². The summed E-state index contributed by atoms with van der Waals surface area (Å²) in [5.41, 5.74) is 1.26. The molecule has 86 valence electrons. The summed E-state index contributed by atoms with van der Waals surface area (Å²) >= 11 is 0. The number of fused-ring (bicyclic) bond motifs is 1. The third kappa shape index (κ3) is 2.28. The summed E-state index contributed by atoms with van der Waals surface area (Å²) in [6.45, 7) is 1.59. The third-order valence-corrected chi connectivity index (χ3v) is 3.59. The van der Waals surface area contributed by atoms with Crippen LogP contribution in [0.25, 0.3) is 0 Å². The van der Waals surface area contributed by atoms with Crippen molar-refractivity contribution in [2.45, 2.75) is 38.1 Å². The molecule has 2 aliphatic rings. The lowest BCUT2D eigenvalue weighted by Crippen LogP contribution is -2.21. The molecule has 0 radical (unpaired) electrons. The minimum Gasteiger partial charge on any atom is -0.376 e. The largest absolute Gasteiger partial charge is 0.376 e. The fourth-order valence-electron chi connectivity index (χ4n) is 2.63. The number of hydrogen-bond acceptors (Lipinski definition) is 2. The predicted molar refractivity (Wildman–Crippen MR) is 62.1 cm³/mol. The molecule has 1 unspecified atom stereocenters. The fraction of sp³-hybridized carbons (Fsp3) is 0.571. The first kappa shape index (κ1) is 10.3. The van der Waals surface area contributed by atoms with Gasteiger partial charge < -0.3 is 9.47 Å². The van der Waals surface area contributed by atoms with Crippen molar-refractivity contribution in [3.63, 3.8) is 0 Å². The molecule has 1 aliphatic carbocycles. The fourth-order valence-corrected chi connectivity index (χ4v) is 2.63. The molecule has 1 aliphatic heterocycles. The molecule has 1 aromatic carbocycles. The quantitative estimate of drug-likeness (QED) is 0.725. The van der Waals surface area contributed by atoms with E-state index in [2.05, 4.69) is 24.3 Å². The zero-order valence-corrected chi connectivity index (χ0v) is 9.47. The van der Waals surface area contributed by atoms with Crippen molar-refractivity contribution in [3.05, 3.63) is 35.9 Å². The second-order valence-corrected chi connectivity index (χ2v) is 4.83. The highest BCUT2D eigenvalue weighted by atomic mass is 16.6. The molecule has 2 fully saturated rings. The minimum absolute atomic E-state index is 0.518. The molecule has 3 atom stereocenters. The molecule has 1 saturated carbocycles. The van der Waals surface area contributed by atoms with Crippen molar-refractivity contribution < 1.29 is 9.47 Å². The van der Waals surface area contributed by atoms with Gasteiger partial charge in [-0.05, 0) is 18.4 Å². The summed E-state index contributed by atoms with van der Waals surface area (Å²) in [7, 11) is 0. The van der Waals surface area contributed by atoms with Crippen LogP contribution in [0.1, 0.15) is 24.8 Å². The molecule has 1 heterocycles. The van der Waals surface area contributed by atoms with Crippen molar-refractivity contribution in [1.29, 1.82) is 0 Å². The number of epoxide rings is 1. The Morgan fingerprint density at radius 3 is 2.94 bits per heavy atom. The maximum absolute atomic E-state index is 5.78. The molecule has 0 spiro atoms. The van der Waals surface area contributed by atoms with Crippen LogP contribution in [0, 0.1) is 5.92 Å². The van der Waals surface area contributed by atoms with Crippen LogP contribution in [0.5, 0.6) is 0 Å². The van der Waals surface area contributed by atoms with Crippen molar-refractivity contribution in [1.82, 2.24) is 0 Å². The van der Waals surface area contributed by atoms with Crippen LogP contribution in [-0.2, 0) is 16.1 Å². The van der Waals surface area contributed by atoms with Gasteiger partial charge in [-0.3, -0.25) is 0 Å². The Morgan fingerprint density at radius 1 is 1.19 bits per heavy atom. The maximum atomic E-state index is 5.78. The van der Waals surface area contributed by atoms with E-state index in [-0.39, 0.29) is 0 Å². The molecule has 0 N–H and O–H groups in total. The summed E-state index contributed by atoms with van der Waals surface area (Å²) in [6, 6.07) is 10.4. The average molecular weight is 218 g/mol. The summed E-state index contributed by atoms with van der Waals surface area (Å²) in [4.78, 5) is 0. The van der Waals surface area contributed by atoms with E-state index in [4.69, 9.17) is 9.47 Å². The number of ether oxygens (including phenoxy) is 2. The third-order valence-electron chi connectivity index (χ3n) is 3.59. The minimum atomic E-state index is 0.518. The SMILES string of the molecule is c1ccc(COC[C@@H]2CCCC3O[C@@H]32)cc1. The molecule has 2 nitrogen and oxygen atoms in total. The van der Waals surface area contributed by atoms with E-state index < -0.39 is 0 Å². The lowest BCUT2D eigenvalue weighted by atomic mass is 9.90. The van der Waals surface area contributed by atoms with Crippen molar-refractivity contribution >= 4 is 0 Å². The number of hydrogen-bond donors (Lipinski definition) is 0. The molecule has 2 heteroatoms. The molecular formula is C14H18O2. The van der Waals surface area contributed by atoms with Crippen molar-refractivity contribution in [3.8, 4) is 0 Å². The van der Waals surface area contributed by atoms with Gasteiger partial charge in [0.1, 0.15) is 0 Å². The second kappa shape index (κ2) is 4.56. The van der Waals surface area contributed by atoms with Crippen LogP contribution in [0.2, 0.25) is 0 Å². The monoisotopic (exact) mass is 218 g/mol. The van der Waals surface area contributed by atoms with Gasteiger partial charge in [0.25, 0.3) is 0 Å². The first-order chi connectivity index (χ1) is 7.93. The normalized spacial score (nSPS) is 32.1. The molecule has 1 saturated heterocycles. The second-order valence-electron chi connectivity index (χ2n) is 4.83. The van der Waals surface area contributed by atoms with E-state index in [1.807, 2.05) is 6.07 Å². The Morgan fingerprint density at radius 2 is 2.06 bits per heavy atom. The number of benzene rings is 1. The molecule has 1 aromatic rings. The molecule has 0 aromatic heterocycles. The highest BCUT2D eigenvalue weighted by molar-refractivity contribution is 5.13. The van der Waals surface area contributed by atoms with Gasteiger partial charge in [0, 0.05) is 5.92 Å². The highest BCUT2D eigenvalue weighted by Gasteiger charge is 2.46. The summed E-state index contributed by atoms with van der Waals surface area (Å²) in [5, 5.41) is 0. The van der Waals surface area contributed by atoms with Crippen LogP contribution in [0.15, 0.2) is 30.3 Å². The van der Waals surface area contributed by atoms with Crippen LogP contribution in [0.3, 0.4) is 0 Å². The van der Waals surface area contributed by atoms with Gasteiger partial charge in [0.2, 0.25) is 0 Å². The first-order valence-electron chi connectivity index (χ1n) is 6.20. The highest BCUT2D eigenvalue weighted by Crippen LogP contribution is 2.40. The van der Waals surface area contributed by atoms with Crippen LogP contribution in [-0.4, -0.2) is 18.8 Å². The first-order valence-corrected chi connectivity index (χ1v) is 6.20. The Kier molecular flexibility index (Phi) is 2.94. The standard InChI is InChI=1S/C14H18O2/c1-2-5-11(6-3-1)9-15-10-12-7-4-8-13-14(12)16-13/h1-3,5-6,12-14H,4,7-10H2/t12-,13?,14+/m0/s1. The van der Waals surface area contributed by atoms with Gasteiger partial charge in [-0.1, -0.05) is 36.8 Å². The van der Waals surface area contributed by atoms with Crippen molar-refractivity contribution in [2.75, 3.05) is 6.61 Å². The van der Waals surface area contributed by atoms with Gasteiger partial charge in [-0.25, -0.2) is 0 Å². The van der Waals surface area contributed by atoms with Crippen LogP contribution in [0.4, 0.5) is 0 Å². The number of rotatable bonds is 4. The Bertz CT molecular complexity index is 336. The molecule has 0 bridgehead atoms. The lowest BCUT2D eigenvalue weighted by molar-refractivity contribution is 0.0720. The Balaban J connectivity index is 1.43. The van der Waals surface area contributed by atoms with Gasteiger partial charge in [0.05, 0.1) is 25.4 Å². The van der Waals surface area contributed by atoms with Gasteiger partial charge >= 0.3 is 0 Å². The van der Waals surface area contributed by atoms with Crippen LogP contribution >= 0.6 is 0 Å². The topological polar surface area (TPSA) is 21.8 Å². The zero-order valence-electron chi connectivity index (χ0n) is 9.47. The maximum Gasteiger partial charge on any atom is 0.0891 e. The summed E-state index contributed by atoms with van der Waals surface area (Å²) in [6.07, 6.45) is 4.93. The van der Waals surface area contributed by atoms with Crippen molar-refractivity contribution in [2.24, 2.45) is 5.92 Å². The predicted octanol–water partition coefficient (Wildman–Crippen LogP) is 2.77. The van der Waals surface area contributed by atoms with Crippen LogP contribution < -0.4 is 0 Å². The summed E-state index contributed by atoms with van der Waals surface area (Å²) < 4.78 is 11.4. The Labute approximate surface area is 96.6 Å². The van der Waals surface area contributed by atoms with Gasteiger partial charge in [-0.15, -0.1) is 0 Å². The average Bonchev–Trinajstić information content (AvgIpc) is 3.10. The smallest absolute Gasteiger partial charge is 0.0891 e. The van der Waals surface area contributed by atoms with E-state index in [1.165, 1.54) is 24.8 Å². The summed E-state index contributed by atoms with van der Waals surface area (Å²) in [5.74, 6) is 0.641. The van der Waals surface area contributed by atoms with E-state index >= 15 is 0 Å². The molecule has 0 amide bonds. The van der Waals surface area contributed by atoms with Gasteiger partial charge in [-0.2, -0.15) is 0 Å². The molecular weight excluding hydrogens is 200 g/mol.